The number of benzene rings is 1. The molecule has 0 aliphatic carbocycles. The van der Waals surface area contributed by atoms with Gasteiger partial charge in [-0.25, -0.2) is 0 Å². The molecule has 0 saturated carbocycles. The predicted octanol–water partition coefficient (Wildman–Crippen LogP) is 4.12. The third-order valence-electron chi connectivity index (χ3n) is 4.53. The van der Waals surface area contributed by atoms with Crippen molar-refractivity contribution in [3.63, 3.8) is 0 Å². The van der Waals surface area contributed by atoms with Gasteiger partial charge < -0.3 is 20.3 Å². The highest BCUT2D eigenvalue weighted by Gasteiger charge is 2.34. The minimum atomic E-state index is -4.46. The van der Waals surface area contributed by atoms with Crippen molar-refractivity contribution in [3.05, 3.63) is 29.3 Å². The normalized spacial score (nSPS) is 18.3. The zero-order chi connectivity index (χ0) is 20.9. The van der Waals surface area contributed by atoms with E-state index in [-0.39, 0.29) is 41.8 Å². The predicted molar refractivity (Wildman–Crippen MR) is 121 cm³/mol. The van der Waals surface area contributed by atoms with Crippen molar-refractivity contribution >= 4 is 29.9 Å². The summed E-state index contributed by atoms with van der Waals surface area (Å²) in [6.45, 7) is 8.24. The molecule has 0 spiro atoms. The molecular formula is C20H32F3IN4O. The number of nitrogens with one attached hydrogen (secondary N) is 2. The Morgan fingerprint density at radius 1 is 1.24 bits per heavy atom. The molecule has 1 aliphatic heterocycles. The zero-order valence-electron chi connectivity index (χ0n) is 17.7. The summed E-state index contributed by atoms with van der Waals surface area (Å²) in [5, 5.41) is 6.19. The summed E-state index contributed by atoms with van der Waals surface area (Å²) in [7, 11) is 3.69. The van der Waals surface area contributed by atoms with Gasteiger partial charge in [-0.05, 0) is 64.4 Å². The lowest BCUT2D eigenvalue weighted by atomic mass is 10.1. The maximum atomic E-state index is 13.5. The molecule has 1 aromatic rings. The molecule has 1 aromatic carbocycles. The van der Waals surface area contributed by atoms with E-state index >= 15 is 0 Å². The summed E-state index contributed by atoms with van der Waals surface area (Å²) in [5.41, 5.74) is -1.12. The van der Waals surface area contributed by atoms with Gasteiger partial charge in [0.1, 0.15) is 11.4 Å². The summed E-state index contributed by atoms with van der Waals surface area (Å²) >= 11 is 0. The highest BCUT2D eigenvalue weighted by molar-refractivity contribution is 14.0. The number of guanidine groups is 1. The van der Waals surface area contributed by atoms with Gasteiger partial charge in [-0.1, -0.05) is 6.07 Å². The first-order valence-electron chi connectivity index (χ1n) is 9.50. The van der Waals surface area contributed by atoms with E-state index in [0.717, 1.165) is 32.1 Å². The molecule has 5 nitrogen and oxygen atoms in total. The van der Waals surface area contributed by atoms with Crippen molar-refractivity contribution in [2.24, 2.45) is 10.9 Å². The molecule has 0 amide bonds. The first-order chi connectivity index (χ1) is 13.0. The van der Waals surface area contributed by atoms with Crippen molar-refractivity contribution in [2.75, 3.05) is 33.7 Å². The van der Waals surface area contributed by atoms with E-state index in [2.05, 4.69) is 27.6 Å². The Kier molecular flexibility index (Phi) is 9.52. The first-order valence-corrected chi connectivity index (χ1v) is 9.50. The molecule has 29 heavy (non-hydrogen) atoms. The van der Waals surface area contributed by atoms with Gasteiger partial charge in [0.2, 0.25) is 0 Å². The van der Waals surface area contributed by atoms with Crippen LogP contribution in [0.3, 0.4) is 0 Å². The smallest absolute Gasteiger partial charge is 0.416 e. The van der Waals surface area contributed by atoms with Gasteiger partial charge in [0.25, 0.3) is 0 Å². The maximum absolute atomic E-state index is 13.5. The fourth-order valence-corrected chi connectivity index (χ4v) is 3.22. The number of rotatable bonds is 5. The Balaban J connectivity index is 0.00000420. The minimum absolute atomic E-state index is 0. The van der Waals surface area contributed by atoms with E-state index in [9.17, 15) is 13.2 Å². The molecule has 0 bridgehead atoms. The van der Waals surface area contributed by atoms with Crippen molar-refractivity contribution in [3.8, 4) is 5.75 Å². The Hall–Kier alpha value is -1.23. The molecule has 0 aromatic heterocycles. The second-order valence-electron chi connectivity index (χ2n) is 8.25. The molecule has 1 atom stereocenters. The second kappa shape index (κ2) is 10.7. The molecule has 2 rings (SSSR count). The molecule has 2 N–H and O–H groups in total. The highest BCUT2D eigenvalue weighted by atomic mass is 127. The van der Waals surface area contributed by atoms with E-state index < -0.39 is 17.3 Å². The second-order valence-corrected chi connectivity index (χ2v) is 8.25. The SMILES string of the molecule is CN=C(NCc1ccc(OC(C)(C)C)cc1C(F)(F)F)NCC1CCN(C)C1.I. The molecule has 1 saturated heterocycles. The van der Waals surface area contributed by atoms with Gasteiger partial charge in [-0.15, -0.1) is 24.0 Å². The van der Waals surface area contributed by atoms with Crippen LogP contribution in [0, 0.1) is 5.92 Å². The molecule has 9 heteroatoms. The molecular weight excluding hydrogens is 496 g/mol. The van der Waals surface area contributed by atoms with Gasteiger partial charge >= 0.3 is 6.18 Å². The monoisotopic (exact) mass is 528 g/mol. The van der Waals surface area contributed by atoms with Gasteiger partial charge in [-0.2, -0.15) is 13.2 Å². The number of alkyl halides is 3. The van der Waals surface area contributed by atoms with Gasteiger partial charge in [0.05, 0.1) is 5.56 Å². The molecule has 1 heterocycles. The number of likely N-dealkylation sites (tertiary alicyclic amines) is 1. The lowest BCUT2D eigenvalue weighted by Gasteiger charge is -2.23. The Bertz CT molecular complexity index is 689. The number of hydrogen-bond donors (Lipinski definition) is 2. The van der Waals surface area contributed by atoms with E-state index in [4.69, 9.17) is 4.74 Å². The molecule has 1 fully saturated rings. The summed E-state index contributed by atoms with van der Waals surface area (Å²) in [5.74, 6) is 1.22. The number of hydrogen-bond acceptors (Lipinski definition) is 3. The van der Waals surface area contributed by atoms with Crippen LogP contribution >= 0.6 is 24.0 Å². The number of nitrogens with zero attached hydrogens (tertiary/aromatic N) is 2. The molecule has 0 radical (unpaired) electrons. The van der Waals surface area contributed by atoms with Crippen LogP contribution in [0.15, 0.2) is 23.2 Å². The molecule has 166 valence electrons. The number of ether oxygens (including phenoxy) is 1. The Labute approximate surface area is 188 Å². The third kappa shape index (κ3) is 8.57. The van der Waals surface area contributed by atoms with Crippen molar-refractivity contribution in [1.29, 1.82) is 0 Å². The fourth-order valence-electron chi connectivity index (χ4n) is 3.22. The van der Waals surface area contributed by atoms with Crippen molar-refractivity contribution < 1.29 is 17.9 Å². The van der Waals surface area contributed by atoms with Crippen LogP contribution in [-0.2, 0) is 12.7 Å². The third-order valence-corrected chi connectivity index (χ3v) is 4.53. The van der Waals surface area contributed by atoms with Gasteiger partial charge in [0, 0.05) is 26.7 Å². The van der Waals surface area contributed by atoms with E-state index in [1.165, 1.54) is 6.07 Å². The van der Waals surface area contributed by atoms with Crippen molar-refractivity contribution in [1.82, 2.24) is 15.5 Å². The maximum Gasteiger partial charge on any atom is 0.416 e. The largest absolute Gasteiger partial charge is 0.488 e. The van der Waals surface area contributed by atoms with E-state index in [1.54, 1.807) is 33.9 Å². The summed E-state index contributed by atoms with van der Waals surface area (Å²) in [6.07, 6.45) is -3.35. The quantitative estimate of drug-likeness (QED) is 0.343. The summed E-state index contributed by atoms with van der Waals surface area (Å²) < 4.78 is 46.2. The average Bonchev–Trinajstić information content (AvgIpc) is 2.99. The van der Waals surface area contributed by atoms with Crippen LogP contribution < -0.4 is 15.4 Å². The molecule has 1 unspecified atom stereocenters. The fraction of sp³-hybridized carbons (Fsp3) is 0.650. The average molecular weight is 528 g/mol. The van der Waals surface area contributed by atoms with Crippen LogP contribution in [0.2, 0.25) is 0 Å². The van der Waals surface area contributed by atoms with E-state index in [0.29, 0.717) is 11.9 Å². The van der Waals surface area contributed by atoms with Crippen LogP contribution in [0.1, 0.15) is 38.3 Å². The van der Waals surface area contributed by atoms with Gasteiger partial charge in [-0.3, -0.25) is 4.99 Å². The minimum Gasteiger partial charge on any atom is -0.488 e. The van der Waals surface area contributed by atoms with E-state index in [1.807, 2.05) is 0 Å². The summed E-state index contributed by atoms with van der Waals surface area (Å²) in [4.78, 5) is 6.38. The molecule has 1 aliphatic rings. The Morgan fingerprint density at radius 2 is 1.93 bits per heavy atom. The van der Waals surface area contributed by atoms with Crippen LogP contribution in [0.25, 0.3) is 0 Å². The topological polar surface area (TPSA) is 48.9 Å². The van der Waals surface area contributed by atoms with Crippen molar-refractivity contribution in [2.45, 2.75) is 45.5 Å². The number of aliphatic imine (C=N–C) groups is 1. The van der Waals surface area contributed by atoms with Gasteiger partial charge in [0.15, 0.2) is 5.96 Å². The highest BCUT2D eigenvalue weighted by Crippen LogP contribution is 2.35. The lowest BCUT2D eigenvalue weighted by molar-refractivity contribution is -0.138. The standard InChI is InChI=1S/C20H31F3N4O.HI/c1-19(2,3)28-16-7-6-15(17(10-16)20(21,22)23)12-26-18(24-4)25-11-14-8-9-27(5)13-14;/h6-7,10,14H,8-9,11-13H2,1-5H3,(H2,24,25,26);1H. The van der Waals surface area contributed by atoms with Crippen LogP contribution in [0.5, 0.6) is 5.75 Å². The first kappa shape index (κ1) is 25.8. The zero-order valence-corrected chi connectivity index (χ0v) is 20.0. The van der Waals surface area contributed by atoms with Crippen LogP contribution in [-0.4, -0.2) is 50.2 Å². The summed E-state index contributed by atoms with van der Waals surface area (Å²) in [6, 6.07) is 4.09. The number of halogens is 4. The lowest BCUT2D eigenvalue weighted by Crippen LogP contribution is -2.40. The van der Waals surface area contributed by atoms with Crippen LogP contribution in [0.4, 0.5) is 13.2 Å². The Morgan fingerprint density at radius 3 is 2.45 bits per heavy atom.